The molecule has 5 nitrogen and oxygen atoms in total. The number of nitrogens with zero attached hydrogens (tertiary/aromatic N) is 1. The van der Waals surface area contributed by atoms with Crippen molar-refractivity contribution in [2.24, 2.45) is 22.7 Å². The minimum atomic E-state index is -0.140. The number of benzene rings is 1. The lowest BCUT2D eigenvalue weighted by Gasteiger charge is -2.46. The number of allylic oxidation sites excluding steroid dienone is 1. The number of nitrogens with one attached hydrogen (secondary N) is 1. The highest BCUT2D eigenvalue weighted by Gasteiger charge is 2.51. The summed E-state index contributed by atoms with van der Waals surface area (Å²) in [4.78, 5) is 18.7. The molecule has 25 heavy (non-hydrogen) atoms. The quantitative estimate of drug-likeness (QED) is 0.780. The van der Waals surface area contributed by atoms with Gasteiger partial charge in [0.25, 0.3) is 0 Å². The van der Waals surface area contributed by atoms with Crippen molar-refractivity contribution >= 4 is 17.4 Å². The van der Waals surface area contributed by atoms with Gasteiger partial charge in [0, 0.05) is 12.3 Å². The van der Waals surface area contributed by atoms with Crippen LogP contribution < -0.4 is 4.90 Å². The highest BCUT2D eigenvalue weighted by atomic mass is 16.5. The molecule has 0 amide bonds. The maximum absolute atomic E-state index is 12.2. The van der Waals surface area contributed by atoms with E-state index >= 15 is 0 Å². The van der Waals surface area contributed by atoms with E-state index in [-0.39, 0.29) is 11.9 Å². The van der Waals surface area contributed by atoms with Crippen LogP contribution in [0.1, 0.15) is 17.9 Å². The molecule has 4 aliphatic heterocycles. The van der Waals surface area contributed by atoms with Gasteiger partial charge in [0.15, 0.2) is 0 Å². The molecule has 1 aromatic carbocycles. The van der Waals surface area contributed by atoms with Gasteiger partial charge in [0.1, 0.15) is 6.04 Å². The topological polar surface area (TPSA) is 52.3 Å². The Morgan fingerprint density at radius 1 is 1.32 bits per heavy atom. The highest BCUT2D eigenvalue weighted by Crippen LogP contribution is 2.41. The van der Waals surface area contributed by atoms with Gasteiger partial charge in [-0.15, -0.1) is 0 Å². The summed E-state index contributed by atoms with van der Waals surface area (Å²) < 4.78 is 10.8. The molecule has 0 aliphatic carbocycles. The lowest BCUT2D eigenvalue weighted by Crippen LogP contribution is -3.15. The summed E-state index contributed by atoms with van der Waals surface area (Å²) >= 11 is 0. The fraction of sp³-hybridized carbons (Fsp3) is 0.500. The minimum absolute atomic E-state index is 0.127. The Bertz CT molecular complexity index is 772. The first-order valence-corrected chi connectivity index (χ1v) is 9.13. The molecule has 0 radical (unpaired) electrons. The molecule has 5 heteroatoms. The van der Waals surface area contributed by atoms with Gasteiger partial charge in [-0.05, 0) is 23.6 Å². The number of ether oxygens (including phenoxy) is 2. The van der Waals surface area contributed by atoms with Gasteiger partial charge < -0.3 is 14.4 Å². The number of fused-ring (bicyclic) bond motifs is 6. The maximum atomic E-state index is 12.2. The van der Waals surface area contributed by atoms with E-state index in [2.05, 4.69) is 36.5 Å². The second-order valence-electron chi connectivity index (χ2n) is 7.59. The molecule has 2 unspecified atom stereocenters. The minimum Gasteiger partial charge on any atom is -0.469 e. The van der Waals surface area contributed by atoms with Crippen LogP contribution in [-0.2, 0) is 14.3 Å². The number of carbonyl (C=O) groups is 1. The van der Waals surface area contributed by atoms with Crippen LogP contribution in [0.15, 0.2) is 41.5 Å². The molecule has 130 valence electrons. The van der Waals surface area contributed by atoms with Crippen LogP contribution in [0.3, 0.4) is 0 Å². The molecule has 0 bridgehead atoms. The Morgan fingerprint density at radius 2 is 2.20 bits per heavy atom. The summed E-state index contributed by atoms with van der Waals surface area (Å²) in [7, 11) is 1.48. The Labute approximate surface area is 147 Å². The molecule has 4 aliphatic rings. The van der Waals surface area contributed by atoms with E-state index in [1.54, 1.807) is 0 Å². The molecule has 2 fully saturated rings. The molecule has 0 saturated carbocycles. The van der Waals surface area contributed by atoms with Crippen LogP contribution in [0, 0.1) is 17.8 Å². The summed E-state index contributed by atoms with van der Waals surface area (Å²) in [6.07, 6.45) is 5.60. The molecule has 1 aromatic rings. The van der Waals surface area contributed by atoms with Crippen molar-refractivity contribution in [2.75, 3.05) is 26.9 Å². The summed E-state index contributed by atoms with van der Waals surface area (Å²) in [5.74, 6) is 0.776. The van der Waals surface area contributed by atoms with Crippen molar-refractivity contribution in [2.45, 2.75) is 18.4 Å². The maximum Gasteiger partial charge on any atom is 0.311 e. The number of hydrogen-bond donors (Lipinski definition) is 1. The van der Waals surface area contributed by atoms with Gasteiger partial charge in [0.05, 0.1) is 56.3 Å². The van der Waals surface area contributed by atoms with Crippen molar-refractivity contribution in [3.8, 4) is 0 Å². The standard InChI is InChI=1S/C20H22N2O3/c1-24-20(23)16-11-25-10-12-9-22-7-6-14-13-4-2-3-5-17(13)21-19(14)18(22)8-15(12)16/h2-7,12,14-16,18H,8-11H2,1H3/p+1/t12-,14+,15+,16+,18?/m1/s1. The molecule has 2 saturated heterocycles. The Kier molecular flexibility index (Phi) is 3.54. The van der Waals surface area contributed by atoms with E-state index in [1.807, 2.05) is 0 Å². The molecular formula is C20H23N2O3+. The monoisotopic (exact) mass is 339 g/mol. The summed E-state index contributed by atoms with van der Waals surface area (Å²) in [6.45, 7) is 2.24. The van der Waals surface area contributed by atoms with Crippen LogP contribution >= 0.6 is 0 Å². The van der Waals surface area contributed by atoms with Crippen LogP contribution in [0.25, 0.3) is 0 Å². The molecule has 6 atom stereocenters. The van der Waals surface area contributed by atoms with Gasteiger partial charge in [0.2, 0.25) is 0 Å². The van der Waals surface area contributed by atoms with Gasteiger partial charge >= 0.3 is 5.97 Å². The molecule has 0 spiro atoms. The number of esters is 1. The number of methoxy groups -OCH3 is 1. The number of quaternary nitrogens is 1. The first kappa shape index (κ1) is 15.3. The van der Waals surface area contributed by atoms with Crippen LogP contribution in [0.2, 0.25) is 0 Å². The first-order valence-electron chi connectivity index (χ1n) is 9.13. The number of rotatable bonds is 1. The van der Waals surface area contributed by atoms with Crippen LogP contribution in [0.4, 0.5) is 5.69 Å². The fourth-order valence-corrected chi connectivity index (χ4v) is 5.18. The summed E-state index contributed by atoms with van der Waals surface area (Å²) in [5, 5.41) is 0. The zero-order valence-corrected chi connectivity index (χ0v) is 14.4. The van der Waals surface area contributed by atoms with Gasteiger partial charge in [-0.2, -0.15) is 0 Å². The number of hydrogen-bond acceptors (Lipinski definition) is 4. The third-order valence-corrected chi connectivity index (χ3v) is 6.41. The van der Waals surface area contributed by atoms with Crippen molar-refractivity contribution in [1.29, 1.82) is 0 Å². The van der Waals surface area contributed by atoms with Gasteiger partial charge in [-0.25, -0.2) is 0 Å². The second-order valence-corrected chi connectivity index (χ2v) is 7.59. The zero-order chi connectivity index (χ0) is 17.0. The van der Waals surface area contributed by atoms with Crippen molar-refractivity contribution in [3.05, 3.63) is 42.1 Å². The Balaban J connectivity index is 1.48. The van der Waals surface area contributed by atoms with Crippen molar-refractivity contribution in [1.82, 2.24) is 0 Å². The number of piperidine rings is 1. The zero-order valence-electron chi connectivity index (χ0n) is 14.4. The third kappa shape index (κ3) is 2.29. The van der Waals surface area contributed by atoms with E-state index < -0.39 is 0 Å². The lowest BCUT2D eigenvalue weighted by molar-refractivity contribution is -0.876. The van der Waals surface area contributed by atoms with E-state index in [9.17, 15) is 4.79 Å². The average Bonchev–Trinajstić information content (AvgIpc) is 3.04. The molecule has 1 N–H and O–H groups in total. The fourth-order valence-electron chi connectivity index (χ4n) is 5.18. The van der Waals surface area contributed by atoms with Crippen LogP contribution in [-0.4, -0.2) is 44.6 Å². The van der Waals surface area contributed by atoms with Gasteiger partial charge in [-0.1, -0.05) is 18.2 Å². The van der Waals surface area contributed by atoms with Crippen LogP contribution in [0.5, 0.6) is 0 Å². The predicted molar refractivity (Wildman–Crippen MR) is 93.0 cm³/mol. The Morgan fingerprint density at radius 3 is 3.08 bits per heavy atom. The largest absolute Gasteiger partial charge is 0.469 e. The number of para-hydroxylation sites is 1. The highest BCUT2D eigenvalue weighted by molar-refractivity contribution is 6.02. The van der Waals surface area contributed by atoms with Gasteiger partial charge in [-0.3, -0.25) is 9.79 Å². The summed E-state index contributed by atoms with van der Waals surface area (Å²) in [5.41, 5.74) is 3.69. The van der Waals surface area contributed by atoms with E-state index in [0.29, 0.717) is 30.4 Å². The number of carbonyl (C=O) groups excluding carboxylic acids is 1. The van der Waals surface area contributed by atoms with Crippen molar-refractivity contribution in [3.63, 3.8) is 0 Å². The summed E-state index contributed by atoms with van der Waals surface area (Å²) in [6, 6.07) is 8.78. The SMILES string of the molecule is COC(=O)[C@H]1COC[C@H]2C[NH+]3C=C[C@@H]4C(=Nc5ccccc54)C3C[C@@H]21. The second kappa shape index (κ2) is 5.78. The third-order valence-electron chi connectivity index (χ3n) is 6.41. The molecular weight excluding hydrogens is 316 g/mol. The van der Waals surface area contributed by atoms with E-state index in [0.717, 1.165) is 25.3 Å². The predicted octanol–water partition coefficient (Wildman–Crippen LogP) is 1.09. The lowest BCUT2D eigenvalue weighted by atomic mass is 9.70. The smallest absolute Gasteiger partial charge is 0.311 e. The van der Waals surface area contributed by atoms with Crippen molar-refractivity contribution < 1.29 is 19.2 Å². The average molecular weight is 339 g/mol. The molecule has 0 aromatic heterocycles. The normalized spacial score (nSPS) is 38.0. The van der Waals surface area contributed by atoms with E-state index in [4.69, 9.17) is 14.5 Å². The molecule has 5 rings (SSSR count). The Hall–Kier alpha value is -1.98. The van der Waals surface area contributed by atoms with E-state index in [1.165, 1.54) is 23.3 Å². The number of aliphatic imine (C=N–C) groups is 1. The first-order chi connectivity index (χ1) is 12.3. The molecule has 4 heterocycles.